The lowest BCUT2D eigenvalue weighted by atomic mass is 10.1. The van der Waals surface area contributed by atoms with Crippen LogP contribution in [0, 0.1) is 0 Å². The average molecular weight is 244 g/mol. The maximum Gasteiger partial charge on any atom is 0.173 e. The summed E-state index contributed by atoms with van der Waals surface area (Å²) >= 11 is 5.97. The van der Waals surface area contributed by atoms with Crippen molar-refractivity contribution in [2.45, 2.75) is 6.42 Å². The summed E-state index contributed by atoms with van der Waals surface area (Å²) in [6, 6.07) is 3.26. The molecule has 1 aromatic rings. The number of hydrogen-bond acceptors (Lipinski definition) is 4. The monoisotopic (exact) mass is 243 g/mol. The number of hydrogen-bond donors (Lipinski definition) is 1. The Morgan fingerprint density at radius 1 is 1.38 bits per heavy atom. The molecule has 1 rings (SSSR count). The smallest absolute Gasteiger partial charge is 0.173 e. The van der Waals surface area contributed by atoms with Crippen molar-refractivity contribution in [2.24, 2.45) is 5.73 Å². The molecule has 0 bridgehead atoms. The van der Waals surface area contributed by atoms with Gasteiger partial charge in [-0.2, -0.15) is 0 Å². The Morgan fingerprint density at radius 2 is 2.06 bits per heavy atom. The first-order chi connectivity index (χ1) is 7.65. The van der Waals surface area contributed by atoms with Crippen molar-refractivity contribution in [1.29, 1.82) is 0 Å². The number of carbonyl (C=O) groups is 1. The Bertz CT molecular complexity index is 393. The van der Waals surface area contributed by atoms with Crippen LogP contribution in [0.4, 0.5) is 0 Å². The summed E-state index contributed by atoms with van der Waals surface area (Å²) in [5.74, 6) is 0.684. The number of benzene rings is 1. The fourth-order valence-corrected chi connectivity index (χ4v) is 1.67. The van der Waals surface area contributed by atoms with Crippen molar-refractivity contribution in [3.63, 3.8) is 0 Å². The number of halogens is 1. The molecule has 0 aliphatic rings. The van der Waals surface area contributed by atoms with Crippen LogP contribution < -0.4 is 15.2 Å². The first kappa shape index (κ1) is 12.8. The zero-order chi connectivity index (χ0) is 12.1. The molecule has 0 aliphatic carbocycles. The van der Waals surface area contributed by atoms with Gasteiger partial charge < -0.3 is 15.2 Å². The van der Waals surface area contributed by atoms with Gasteiger partial charge in [-0.05, 0) is 18.7 Å². The van der Waals surface area contributed by atoms with Gasteiger partial charge in [-0.25, -0.2) is 0 Å². The minimum atomic E-state index is -0.150. The minimum Gasteiger partial charge on any atom is -0.493 e. The highest BCUT2D eigenvalue weighted by molar-refractivity contribution is 6.34. The average Bonchev–Trinajstić information content (AvgIpc) is 2.28. The Balaban J connectivity index is 3.28. The van der Waals surface area contributed by atoms with Crippen molar-refractivity contribution in [3.8, 4) is 11.5 Å². The summed E-state index contributed by atoms with van der Waals surface area (Å²) < 4.78 is 10.2. The SMILES string of the molecule is COc1ccc(Cl)c(C(=O)CCN)c1OC. The molecule has 0 heterocycles. The van der Waals surface area contributed by atoms with Crippen LogP contribution in [0.1, 0.15) is 16.8 Å². The summed E-state index contributed by atoms with van der Waals surface area (Å²) in [4.78, 5) is 11.8. The molecule has 0 amide bonds. The highest BCUT2D eigenvalue weighted by Gasteiger charge is 2.19. The first-order valence-corrected chi connectivity index (χ1v) is 5.17. The predicted octanol–water partition coefficient (Wildman–Crippen LogP) is 1.89. The molecular formula is C11H14ClNO3. The van der Waals surface area contributed by atoms with Gasteiger partial charge in [0, 0.05) is 6.42 Å². The molecule has 2 N–H and O–H groups in total. The van der Waals surface area contributed by atoms with Crippen molar-refractivity contribution in [2.75, 3.05) is 20.8 Å². The van der Waals surface area contributed by atoms with Crippen LogP contribution in [0.3, 0.4) is 0 Å². The van der Waals surface area contributed by atoms with E-state index in [2.05, 4.69) is 0 Å². The van der Waals surface area contributed by atoms with E-state index in [9.17, 15) is 4.79 Å². The van der Waals surface area contributed by atoms with Crippen LogP contribution in [-0.2, 0) is 0 Å². The van der Waals surface area contributed by atoms with Crippen LogP contribution in [0.25, 0.3) is 0 Å². The summed E-state index contributed by atoms with van der Waals surface area (Å²) in [7, 11) is 2.97. The van der Waals surface area contributed by atoms with E-state index in [1.54, 1.807) is 12.1 Å². The molecule has 0 saturated carbocycles. The number of nitrogens with two attached hydrogens (primary N) is 1. The molecule has 16 heavy (non-hydrogen) atoms. The molecule has 4 nitrogen and oxygen atoms in total. The number of Topliss-reactive ketones (excluding diaryl/α,β-unsaturated/α-hetero) is 1. The molecule has 0 unspecified atom stereocenters. The summed E-state index contributed by atoms with van der Waals surface area (Å²) in [5, 5.41) is 0.344. The molecule has 0 saturated heterocycles. The van der Waals surface area contributed by atoms with Gasteiger partial charge in [0.25, 0.3) is 0 Å². The van der Waals surface area contributed by atoms with E-state index in [-0.39, 0.29) is 18.7 Å². The number of ether oxygens (including phenoxy) is 2. The Hall–Kier alpha value is -1.26. The number of rotatable bonds is 5. The van der Waals surface area contributed by atoms with Crippen molar-refractivity contribution in [1.82, 2.24) is 0 Å². The lowest BCUT2D eigenvalue weighted by Gasteiger charge is -2.13. The lowest BCUT2D eigenvalue weighted by molar-refractivity contribution is 0.0982. The van der Waals surface area contributed by atoms with E-state index in [0.29, 0.717) is 22.1 Å². The van der Waals surface area contributed by atoms with E-state index in [4.69, 9.17) is 26.8 Å². The fourth-order valence-electron chi connectivity index (χ4n) is 1.42. The highest BCUT2D eigenvalue weighted by Crippen LogP contribution is 2.36. The highest BCUT2D eigenvalue weighted by atomic mass is 35.5. The molecule has 0 radical (unpaired) electrons. The van der Waals surface area contributed by atoms with E-state index >= 15 is 0 Å². The molecule has 0 fully saturated rings. The van der Waals surface area contributed by atoms with E-state index in [1.807, 2.05) is 0 Å². The van der Waals surface area contributed by atoms with Crippen LogP contribution in [0.15, 0.2) is 12.1 Å². The number of carbonyl (C=O) groups excluding carboxylic acids is 1. The largest absolute Gasteiger partial charge is 0.493 e. The second kappa shape index (κ2) is 5.72. The van der Waals surface area contributed by atoms with Crippen LogP contribution >= 0.6 is 11.6 Å². The van der Waals surface area contributed by atoms with Gasteiger partial charge in [0.1, 0.15) is 0 Å². The Labute approximate surface area is 99.3 Å². The predicted molar refractivity (Wildman–Crippen MR) is 62.6 cm³/mol. The van der Waals surface area contributed by atoms with E-state index in [1.165, 1.54) is 14.2 Å². The third-order valence-electron chi connectivity index (χ3n) is 2.14. The zero-order valence-corrected chi connectivity index (χ0v) is 10.0. The Kier molecular flexibility index (Phi) is 4.58. The van der Waals surface area contributed by atoms with Crippen molar-refractivity contribution < 1.29 is 14.3 Å². The maximum absolute atomic E-state index is 11.8. The third kappa shape index (κ3) is 2.46. The van der Waals surface area contributed by atoms with E-state index < -0.39 is 0 Å². The first-order valence-electron chi connectivity index (χ1n) is 4.79. The van der Waals surface area contributed by atoms with Gasteiger partial charge in [0.2, 0.25) is 0 Å². The van der Waals surface area contributed by atoms with Gasteiger partial charge in [0.05, 0.1) is 24.8 Å². The van der Waals surface area contributed by atoms with Gasteiger partial charge in [-0.15, -0.1) is 0 Å². The third-order valence-corrected chi connectivity index (χ3v) is 2.46. The number of methoxy groups -OCH3 is 2. The molecule has 88 valence electrons. The standard InChI is InChI=1S/C11H14ClNO3/c1-15-9-4-3-7(12)10(11(9)16-2)8(14)5-6-13/h3-4H,5-6,13H2,1-2H3. The number of ketones is 1. The molecule has 0 spiro atoms. The van der Waals surface area contributed by atoms with Gasteiger partial charge in [0.15, 0.2) is 17.3 Å². The van der Waals surface area contributed by atoms with Crippen molar-refractivity contribution >= 4 is 17.4 Å². The second-order valence-electron chi connectivity index (χ2n) is 3.12. The quantitative estimate of drug-likeness (QED) is 0.803. The van der Waals surface area contributed by atoms with E-state index in [0.717, 1.165) is 0 Å². The molecule has 5 heteroatoms. The van der Waals surface area contributed by atoms with Crippen LogP contribution in [-0.4, -0.2) is 26.5 Å². The second-order valence-corrected chi connectivity index (χ2v) is 3.53. The van der Waals surface area contributed by atoms with Crippen molar-refractivity contribution in [3.05, 3.63) is 22.7 Å². The normalized spacial score (nSPS) is 10.0. The minimum absolute atomic E-state index is 0.150. The van der Waals surface area contributed by atoms with Crippen LogP contribution in [0.2, 0.25) is 5.02 Å². The van der Waals surface area contributed by atoms with Gasteiger partial charge in [-0.1, -0.05) is 11.6 Å². The molecule has 1 aromatic carbocycles. The molecule has 0 aromatic heterocycles. The summed E-state index contributed by atoms with van der Waals surface area (Å²) in [6.07, 6.45) is 0.225. The topological polar surface area (TPSA) is 61.5 Å². The zero-order valence-electron chi connectivity index (χ0n) is 9.25. The van der Waals surface area contributed by atoms with Gasteiger partial charge in [-0.3, -0.25) is 4.79 Å². The fraction of sp³-hybridized carbons (Fsp3) is 0.364. The summed E-state index contributed by atoms with van der Waals surface area (Å²) in [5.41, 5.74) is 5.67. The van der Waals surface area contributed by atoms with Gasteiger partial charge >= 0.3 is 0 Å². The lowest BCUT2D eigenvalue weighted by Crippen LogP contribution is -2.10. The maximum atomic E-state index is 11.8. The summed E-state index contributed by atoms with van der Waals surface area (Å²) in [6.45, 7) is 0.273. The molecular weight excluding hydrogens is 230 g/mol. The molecule has 0 atom stereocenters. The Morgan fingerprint density at radius 3 is 2.56 bits per heavy atom. The molecule has 0 aliphatic heterocycles. The van der Waals surface area contributed by atoms with Crippen LogP contribution in [0.5, 0.6) is 11.5 Å².